The van der Waals surface area contributed by atoms with Crippen LogP contribution in [0.25, 0.3) is 0 Å². The van der Waals surface area contributed by atoms with Gasteiger partial charge in [-0.05, 0) is 38.2 Å². The van der Waals surface area contributed by atoms with Crippen molar-refractivity contribution < 1.29 is 19.1 Å². The van der Waals surface area contributed by atoms with Gasteiger partial charge in [-0.25, -0.2) is 0 Å². The summed E-state index contributed by atoms with van der Waals surface area (Å²) in [5.41, 5.74) is -0.143. The molecule has 1 rings (SSSR count). The van der Waals surface area contributed by atoms with Crippen molar-refractivity contribution in [3.05, 3.63) is 35.9 Å². The Hall–Kier alpha value is -1.84. The van der Waals surface area contributed by atoms with E-state index in [4.69, 9.17) is 9.47 Å². The Morgan fingerprint density at radius 1 is 1.00 bits per heavy atom. The Kier molecular flexibility index (Phi) is 7.09. The molecule has 0 saturated heterocycles. The molecule has 0 amide bonds. The van der Waals surface area contributed by atoms with Gasteiger partial charge in [0.25, 0.3) is 0 Å². The Labute approximate surface area is 132 Å². The van der Waals surface area contributed by atoms with E-state index < -0.39 is 17.4 Å². The molecule has 0 aromatic heterocycles. The average molecular weight is 306 g/mol. The summed E-state index contributed by atoms with van der Waals surface area (Å²) >= 11 is 0. The maximum atomic E-state index is 12.5. The molecule has 1 aromatic carbocycles. The molecule has 0 saturated carbocycles. The van der Waals surface area contributed by atoms with Gasteiger partial charge in [0, 0.05) is 0 Å². The Morgan fingerprint density at radius 2 is 1.50 bits per heavy atom. The number of ether oxygens (including phenoxy) is 2. The standard InChI is InChI=1S/C18H26O4/c1-5-18(16(19)21-6-2,17(20)22-7-3)13-14(4)15-11-9-8-10-12-15/h8-12,14H,5-7,13H2,1-4H3/t14-/m0/s1. The normalized spacial score (nSPS) is 12.5. The van der Waals surface area contributed by atoms with Crippen LogP contribution in [0.2, 0.25) is 0 Å². The molecule has 0 aliphatic heterocycles. The van der Waals surface area contributed by atoms with Gasteiger partial charge in [-0.3, -0.25) is 9.59 Å². The van der Waals surface area contributed by atoms with Crippen LogP contribution >= 0.6 is 0 Å². The fourth-order valence-electron chi connectivity index (χ4n) is 2.64. The molecule has 0 N–H and O–H groups in total. The molecule has 0 aliphatic carbocycles. The highest BCUT2D eigenvalue weighted by molar-refractivity contribution is 6.00. The molecule has 4 nitrogen and oxygen atoms in total. The first-order valence-corrected chi connectivity index (χ1v) is 7.91. The summed E-state index contributed by atoms with van der Waals surface area (Å²) in [7, 11) is 0. The molecule has 0 radical (unpaired) electrons. The minimum absolute atomic E-state index is 0.0509. The van der Waals surface area contributed by atoms with E-state index in [1.165, 1.54) is 0 Å². The number of carbonyl (C=O) groups excluding carboxylic acids is 2. The molecule has 0 heterocycles. The molecule has 0 unspecified atom stereocenters. The molecule has 1 aromatic rings. The van der Waals surface area contributed by atoms with E-state index in [9.17, 15) is 9.59 Å². The predicted octanol–water partition coefficient (Wildman–Crippen LogP) is 3.70. The number of rotatable bonds is 8. The predicted molar refractivity (Wildman–Crippen MR) is 85.5 cm³/mol. The van der Waals surface area contributed by atoms with Crippen molar-refractivity contribution in [1.29, 1.82) is 0 Å². The van der Waals surface area contributed by atoms with E-state index in [2.05, 4.69) is 0 Å². The second kappa shape index (κ2) is 8.57. The maximum Gasteiger partial charge on any atom is 0.323 e. The third-order valence-corrected chi connectivity index (χ3v) is 3.96. The quantitative estimate of drug-likeness (QED) is 0.543. The van der Waals surface area contributed by atoms with Crippen LogP contribution in [0, 0.1) is 5.41 Å². The van der Waals surface area contributed by atoms with Gasteiger partial charge in [0.05, 0.1) is 13.2 Å². The van der Waals surface area contributed by atoms with E-state index in [-0.39, 0.29) is 19.1 Å². The van der Waals surface area contributed by atoms with Crippen LogP contribution in [-0.2, 0) is 19.1 Å². The van der Waals surface area contributed by atoms with E-state index in [0.29, 0.717) is 12.8 Å². The topological polar surface area (TPSA) is 52.6 Å². The highest BCUT2D eigenvalue weighted by Gasteiger charge is 2.48. The van der Waals surface area contributed by atoms with E-state index >= 15 is 0 Å². The Morgan fingerprint density at radius 3 is 1.91 bits per heavy atom. The molecular weight excluding hydrogens is 280 g/mol. The first-order valence-electron chi connectivity index (χ1n) is 7.91. The van der Waals surface area contributed by atoms with Crippen molar-refractivity contribution in [2.24, 2.45) is 5.41 Å². The van der Waals surface area contributed by atoms with Crippen molar-refractivity contribution in [2.45, 2.75) is 46.5 Å². The van der Waals surface area contributed by atoms with Crippen molar-refractivity contribution >= 4 is 11.9 Å². The zero-order valence-corrected chi connectivity index (χ0v) is 13.9. The van der Waals surface area contributed by atoms with Gasteiger partial charge in [0.1, 0.15) is 0 Å². The van der Waals surface area contributed by atoms with Gasteiger partial charge >= 0.3 is 11.9 Å². The lowest BCUT2D eigenvalue weighted by atomic mass is 9.75. The van der Waals surface area contributed by atoms with Gasteiger partial charge in [-0.1, -0.05) is 44.2 Å². The van der Waals surface area contributed by atoms with Gasteiger partial charge in [-0.15, -0.1) is 0 Å². The van der Waals surface area contributed by atoms with Crippen LogP contribution in [0.5, 0.6) is 0 Å². The zero-order chi connectivity index (χ0) is 16.6. The van der Waals surface area contributed by atoms with Crippen molar-refractivity contribution in [1.82, 2.24) is 0 Å². The van der Waals surface area contributed by atoms with Crippen molar-refractivity contribution in [2.75, 3.05) is 13.2 Å². The summed E-state index contributed by atoms with van der Waals surface area (Å²) in [6, 6.07) is 9.85. The minimum atomic E-state index is -1.23. The molecule has 122 valence electrons. The van der Waals surface area contributed by atoms with E-state index in [1.54, 1.807) is 13.8 Å². The summed E-state index contributed by atoms with van der Waals surface area (Å²) in [6.45, 7) is 7.82. The number of hydrogen-bond donors (Lipinski definition) is 0. The SMILES string of the molecule is CCOC(=O)C(CC)(C[C@H](C)c1ccccc1)C(=O)OCC. The van der Waals surface area contributed by atoms with Crippen LogP contribution in [0.4, 0.5) is 0 Å². The second-order valence-corrected chi connectivity index (χ2v) is 5.39. The minimum Gasteiger partial charge on any atom is -0.465 e. The smallest absolute Gasteiger partial charge is 0.323 e. The van der Waals surface area contributed by atoms with Crippen LogP contribution in [-0.4, -0.2) is 25.2 Å². The summed E-state index contributed by atoms with van der Waals surface area (Å²) in [6.07, 6.45) is 0.743. The van der Waals surface area contributed by atoms with Crippen molar-refractivity contribution in [3.8, 4) is 0 Å². The molecule has 4 heteroatoms. The lowest BCUT2D eigenvalue weighted by Gasteiger charge is -2.30. The highest BCUT2D eigenvalue weighted by Crippen LogP contribution is 2.37. The summed E-state index contributed by atoms with van der Waals surface area (Å²) in [5, 5.41) is 0. The highest BCUT2D eigenvalue weighted by atomic mass is 16.6. The molecule has 0 spiro atoms. The number of benzene rings is 1. The lowest BCUT2D eigenvalue weighted by molar-refractivity contribution is -0.173. The largest absolute Gasteiger partial charge is 0.465 e. The van der Waals surface area contributed by atoms with Crippen LogP contribution in [0.3, 0.4) is 0 Å². The molecular formula is C18H26O4. The van der Waals surface area contributed by atoms with E-state index in [0.717, 1.165) is 5.56 Å². The molecule has 0 fully saturated rings. The molecule has 22 heavy (non-hydrogen) atoms. The van der Waals surface area contributed by atoms with Gasteiger partial charge < -0.3 is 9.47 Å². The van der Waals surface area contributed by atoms with E-state index in [1.807, 2.05) is 44.2 Å². The van der Waals surface area contributed by atoms with Crippen molar-refractivity contribution in [3.63, 3.8) is 0 Å². The Bertz CT molecular complexity index is 463. The number of esters is 2. The summed E-state index contributed by atoms with van der Waals surface area (Å²) < 4.78 is 10.3. The third-order valence-electron chi connectivity index (χ3n) is 3.96. The average Bonchev–Trinajstić information content (AvgIpc) is 2.53. The monoisotopic (exact) mass is 306 g/mol. The van der Waals surface area contributed by atoms with Crippen LogP contribution < -0.4 is 0 Å². The molecule has 1 atom stereocenters. The van der Waals surface area contributed by atoms with Gasteiger partial charge in [0.15, 0.2) is 5.41 Å². The number of hydrogen-bond acceptors (Lipinski definition) is 4. The zero-order valence-electron chi connectivity index (χ0n) is 13.9. The summed E-state index contributed by atoms with van der Waals surface area (Å²) in [4.78, 5) is 24.9. The first-order chi connectivity index (χ1) is 10.5. The van der Waals surface area contributed by atoms with Crippen LogP contribution in [0.1, 0.15) is 52.0 Å². The lowest BCUT2D eigenvalue weighted by Crippen LogP contribution is -2.42. The Balaban J connectivity index is 3.08. The second-order valence-electron chi connectivity index (χ2n) is 5.39. The maximum absolute atomic E-state index is 12.5. The molecule has 0 aliphatic rings. The fraction of sp³-hybridized carbons (Fsp3) is 0.556. The third kappa shape index (κ3) is 4.09. The van der Waals surface area contributed by atoms with Gasteiger partial charge in [-0.2, -0.15) is 0 Å². The molecule has 0 bridgehead atoms. The van der Waals surface area contributed by atoms with Crippen LogP contribution in [0.15, 0.2) is 30.3 Å². The number of carbonyl (C=O) groups is 2. The fourth-order valence-corrected chi connectivity index (χ4v) is 2.64. The van der Waals surface area contributed by atoms with Gasteiger partial charge in [0.2, 0.25) is 0 Å². The first kappa shape index (κ1) is 18.2. The summed E-state index contributed by atoms with van der Waals surface area (Å²) in [5.74, 6) is -0.924.